The van der Waals surface area contributed by atoms with E-state index in [4.69, 9.17) is 17.3 Å². The minimum absolute atomic E-state index is 0.206. The van der Waals surface area contributed by atoms with Crippen molar-refractivity contribution in [3.05, 3.63) is 0 Å². The number of hydrogen-bond acceptors (Lipinski definition) is 2. The smallest absolute Gasteiger partial charge is 0.426 e. The minimum Gasteiger partial charge on any atom is -0.441 e. The number of amides is 1. The molecule has 0 heterocycles. The maximum atomic E-state index is 10.0. The average Bonchev–Trinajstić information content (AvgIpc) is 1.63. The quantitative estimate of drug-likeness (QED) is 0.559. The van der Waals surface area contributed by atoms with Gasteiger partial charge in [-0.3, -0.25) is 0 Å². The van der Waals surface area contributed by atoms with Gasteiger partial charge in [0, 0.05) is 0 Å². The van der Waals surface area contributed by atoms with Crippen molar-refractivity contribution in [1.29, 1.82) is 0 Å². The van der Waals surface area contributed by atoms with Crippen LogP contribution >= 0.6 is 11.6 Å². The molecule has 0 rings (SSSR count). The molecule has 0 aromatic rings. The number of ether oxygens (including phenoxy) is 1. The fraction of sp³-hybridized carbons (Fsp3) is 0.800. The van der Waals surface area contributed by atoms with Crippen LogP contribution in [0, 0.1) is 0 Å². The average molecular weight is 151 g/mol. The Labute approximate surface area is 59.1 Å². The lowest BCUT2D eigenvalue weighted by Crippen LogP contribution is -2.29. The van der Waals surface area contributed by atoms with Crippen molar-refractivity contribution in [3.8, 4) is 0 Å². The van der Waals surface area contributed by atoms with Gasteiger partial charge in [-0.15, -0.1) is 11.6 Å². The Morgan fingerprint density at radius 2 is 2.22 bits per heavy atom. The van der Waals surface area contributed by atoms with Gasteiger partial charge in [-0.1, -0.05) is 0 Å². The molecule has 1 radical (unpaired) electrons. The second kappa shape index (κ2) is 2.92. The van der Waals surface area contributed by atoms with E-state index in [0.29, 0.717) is 0 Å². The Bertz CT molecular complexity index is 114. The Balaban J connectivity index is 3.71. The first kappa shape index (κ1) is 8.56. The van der Waals surface area contributed by atoms with Crippen molar-refractivity contribution < 1.29 is 9.53 Å². The maximum Gasteiger partial charge on any atom is 0.426 e. The Morgan fingerprint density at radius 3 is 2.33 bits per heavy atom. The van der Waals surface area contributed by atoms with Crippen LogP contribution in [0.15, 0.2) is 0 Å². The van der Waals surface area contributed by atoms with Crippen molar-refractivity contribution in [2.75, 3.05) is 5.88 Å². The Hall–Kier alpha value is -0.440. The summed E-state index contributed by atoms with van der Waals surface area (Å²) in [7, 11) is 0. The summed E-state index contributed by atoms with van der Waals surface area (Å²) in [6.07, 6.45) is -1.04. The first-order chi connectivity index (χ1) is 3.98. The van der Waals surface area contributed by atoms with E-state index < -0.39 is 11.7 Å². The minimum atomic E-state index is -1.04. The van der Waals surface area contributed by atoms with Gasteiger partial charge in [-0.25, -0.2) is 10.5 Å². The molecular formula is C5H9ClNO2. The lowest BCUT2D eigenvalue weighted by molar-refractivity contribution is 0.0611. The lowest BCUT2D eigenvalue weighted by Gasteiger charge is -2.19. The topological polar surface area (TPSA) is 50.1 Å². The number of rotatable bonds is 2. The number of alkyl halides is 1. The van der Waals surface area contributed by atoms with Crippen LogP contribution in [0.4, 0.5) is 4.79 Å². The molecule has 0 saturated heterocycles. The predicted molar refractivity (Wildman–Crippen MR) is 34.4 cm³/mol. The number of carbonyl (C=O) groups excluding carboxylic acids is 1. The molecule has 0 spiro atoms. The summed E-state index contributed by atoms with van der Waals surface area (Å²) in [5.74, 6) is 0.206. The molecule has 0 aliphatic carbocycles. The molecule has 0 aliphatic rings. The summed E-state index contributed by atoms with van der Waals surface area (Å²) < 4.78 is 4.48. The van der Waals surface area contributed by atoms with Gasteiger partial charge in [0.25, 0.3) is 0 Å². The summed E-state index contributed by atoms with van der Waals surface area (Å²) in [5.41, 5.74) is 5.71. The Kier molecular flexibility index (Phi) is 2.77. The second-order valence-corrected chi connectivity index (χ2v) is 2.55. The highest BCUT2D eigenvalue weighted by atomic mass is 35.5. The first-order valence-corrected chi connectivity index (χ1v) is 3.02. The van der Waals surface area contributed by atoms with E-state index in [1.165, 1.54) is 0 Å². The predicted octanol–water partition coefficient (Wildman–Crippen LogP) is 1.42. The maximum absolute atomic E-state index is 10.0. The van der Waals surface area contributed by atoms with Crippen molar-refractivity contribution in [1.82, 2.24) is 5.73 Å². The van der Waals surface area contributed by atoms with E-state index >= 15 is 0 Å². The molecule has 9 heavy (non-hydrogen) atoms. The third kappa shape index (κ3) is 4.09. The van der Waals surface area contributed by atoms with Gasteiger partial charge in [0.15, 0.2) is 0 Å². The van der Waals surface area contributed by atoms with Gasteiger partial charge in [-0.05, 0) is 13.8 Å². The van der Waals surface area contributed by atoms with Crippen LogP contribution in [0.5, 0.6) is 0 Å². The molecule has 3 nitrogen and oxygen atoms in total. The van der Waals surface area contributed by atoms with E-state index in [1.807, 2.05) is 0 Å². The van der Waals surface area contributed by atoms with Crippen molar-refractivity contribution >= 4 is 17.7 Å². The van der Waals surface area contributed by atoms with Gasteiger partial charge in [-0.2, -0.15) is 0 Å². The lowest BCUT2D eigenvalue weighted by atomic mass is 10.2. The number of hydrogen-bond donors (Lipinski definition) is 0. The van der Waals surface area contributed by atoms with E-state index in [9.17, 15) is 4.79 Å². The number of carbonyl (C=O) groups is 1. The van der Waals surface area contributed by atoms with Crippen molar-refractivity contribution in [3.63, 3.8) is 0 Å². The zero-order chi connectivity index (χ0) is 7.49. The van der Waals surface area contributed by atoms with E-state index in [2.05, 4.69) is 4.74 Å². The van der Waals surface area contributed by atoms with Crippen LogP contribution in [0.25, 0.3) is 0 Å². The molecule has 4 heteroatoms. The summed E-state index contributed by atoms with van der Waals surface area (Å²) in [6, 6.07) is 0. The zero-order valence-electron chi connectivity index (χ0n) is 5.40. The molecular weight excluding hydrogens is 142 g/mol. The van der Waals surface area contributed by atoms with Crippen LogP contribution in [0.1, 0.15) is 13.8 Å². The monoisotopic (exact) mass is 150 g/mol. The second-order valence-electron chi connectivity index (χ2n) is 2.28. The molecule has 53 valence electrons. The zero-order valence-corrected chi connectivity index (χ0v) is 6.16. The molecule has 0 bridgehead atoms. The molecule has 0 unspecified atom stereocenters. The summed E-state index contributed by atoms with van der Waals surface area (Å²) in [5, 5.41) is 0. The van der Waals surface area contributed by atoms with Crippen LogP contribution in [0.3, 0.4) is 0 Å². The molecule has 0 aromatic carbocycles. The molecule has 0 aliphatic heterocycles. The summed E-state index contributed by atoms with van der Waals surface area (Å²) in [4.78, 5) is 10.0. The van der Waals surface area contributed by atoms with E-state index in [1.54, 1.807) is 13.8 Å². The third-order valence-corrected chi connectivity index (χ3v) is 1.33. The molecule has 0 aromatic heterocycles. The molecule has 1 amide bonds. The number of nitrogens with one attached hydrogen (secondary N) is 1. The van der Waals surface area contributed by atoms with E-state index in [0.717, 1.165) is 0 Å². The molecule has 0 atom stereocenters. The SMILES string of the molecule is CC(C)(CCl)OC([NH])=O. The van der Waals surface area contributed by atoms with Gasteiger partial charge in [0.05, 0.1) is 5.88 Å². The largest absolute Gasteiger partial charge is 0.441 e. The third-order valence-electron chi connectivity index (χ3n) is 0.691. The highest BCUT2D eigenvalue weighted by molar-refractivity contribution is 6.18. The van der Waals surface area contributed by atoms with Crippen LogP contribution in [-0.4, -0.2) is 17.6 Å². The van der Waals surface area contributed by atoms with Gasteiger partial charge in [0.2, 0.25) is 0 Å². The molecule has 0 fully saturated rings. The van der Waals surface area contributed by atoms with Gasteiger partial charge < -0.3 is 4.74 Å². The van der Waals surface area contributed by atoms with Gasteiger partial charge >= 0.3 is 6.09 Å². The summed E-state index contributed by atoms with van der Waals surface area (Å²) >= 11 is 5.38. The van der Waals surface area contributed by atoms with Crippen molar-refractivity contribution in [2.45, 2.75) is 19.4 Å². The summed E-state index contributed by atoms with van der Waals surface area (Å²) in [6.45, 7) is 3.29. The normalized spacial score (nSPS) is 11.0. The van der Waals surface area contributed by atoms with Crippen molar-refractivity contribution in [2.24, 2.45) is 0 Å². The first-order valence-electron chi connectivity index (χ1n) is 2.48. The number of halogens is 1. The van der Waals surface area contributed by atoms with Gasteiger partial charge in [0.1, 0.15) is 5.60 Å². The molecule has 1 N–H and O–H groups in total. The fourth-order valence-corrected chi connectivity index (χ4v) is 0.333. The van der Waals surface area contributed by atoms with E-state index in [-0.39, 0.29) is 5.88 Å². The van der Waals surface area contributed by atoms with Crippen LogP contribution in [-0.2, 0) is 4.74 Å². The fourth-order valence-electron chi connectivity index (χ4n) is 0.278. The molecule has 0 saturated carbocycles. The Morgan fingerprint density at radius 1 is 1.78 bits per heavy atom. The van der Waals surface area contributed by atoms with Crippen LogP contribution in [0.2, 0.25) is 0 Å². The van der Waals surface area contributed by atoms with Crippen LogP contribution < -0.4 is 5.73 Å². The highest BCUT2D eigenvalue weighted by Crippen LogP contribution is 2.10. The highest BCUT2D eigenvalue weighted by Gasteiger charge is 2.19. The standard InChI is InChI=1S/C5H9ClNO2/c1-5(2,3-6)9-4(7)8/h7H,3H2,1-2H3.